The van der Waals surface area contributed by atoms with Gasteiger partial charge in [0.25, 0.3) is 0 Å². The molecular weight excluding hydrogens is 679 g/mol. The number of hydrogen-bond donors (Lipinski definition) is 0. The summed E-state index contributed by atoms with van der Waals surface area (Å²) in [5.74, 6) is 0. The smallest absolute Gasteiger partial charge is 0.136 e. The second-order valence-electron chi connectivity index (χ2n) is 14.5. The molecule has 2 nitrogen and oxygen atoms in total. The van der Waals surface area contributed by atoms with E-state index in [1.54, 1.807) is 0 Å². The van der Waals surface area contributed by atoms with E-state index in [0.29, 0.717) is 0 Å². The third kappa shape index (κ3) is 5.34. The van der Waals surface area contributed by atoms with Gasteiger partial charge >= 0.3 is 0 Å². The van der Waals surface area contributed by atoms with Crippen molar-refractivity contribution in [1.29, 1.82) is 0 Å². The summed E-state index contributed by atoms with van der Waals surface area (Å²) in [5.41, 5.74) is 12.3. The van der Waals surface area contributed by atoms with Crippen LogP contribution in [0.5, 0.6) is 0 Å². The van der Waals surface area contributed by atoms with Crippen LogP contribution in [0.1, 0.15) is 0 Å². The van der Waals surface area contributed by atoms with Crippen molar-refractivity contribution in [2.75, 3.05) is 4.90 Å². The van der Waals surface area contributed by atoms with Gasteiger partial charge in [0.1, 0.15) is 11.2 Å². The van der Waals surface area contributed by atoms with E-state index in [-0.39, 0.29) is 0 Å². The summed E-state index contributed by atoms with van der Waals surface area (Å²) >= 11 is 0. The van der Waals surface area contributed by atoms with E-state index in [4.69, 9.17) is 4.42 Å². The number of hydrogen-bond acceptors (Lipinski definition) is 2. The van der Waals surface area contributed by atoms with Crippen molar-refractivity contribution < 1.29 is 4.42 Å². The zero-order valence-electron chi connectivity index (χ0n) is 30.6. The molecule has 0 radical (unpaired) electrons. The average Bonchev–Trinajstić information content (AvgIpc) is 3.66. The minimum absolute atomic E-state index is 0.888. The fraction of sp³-hybridized carbons (Fsp3) is 0. The molecule has 262 valence electrons. The number of furan rings is 1. The Morgan fingerprint density at radius 3 is 1.64 bits per heavy atom. The van der Waals surface area contributed by atoms with Crippen molar-refractivity contribution in [1.82, 2.24) is 0 Å². The topological polar surface area (TPSA) is 16.4 Å². The third-order valence-electron chi connectivity index (χ3n) is 11.2. The van der Waals surface area contributed by atoms with Gasteiger partial charge in [-0.15, -0.1) is 0 Å². The van der Waals surface area contributed by atoms with Crippen LogP contribution in [0.2, 0.25) is 0 Å². The molecule has 1 heterocycles. The van der Waals surface area contributed by atoms with E-state index in [2.05, 4.69) is 211 Å². The molecule has 56 heavy (non-hydrogen) atoms. The van der Waals surface area contributed by atoms with E-state index >= 15 is 0 Å². The van der Waals surface area contributed by atoms with Crippen LogP contribution in [0.15, 0.2) is 217 Å². The molecule has 0 aliphatic rings. The van der Waals surface area contributed by atoms with Crippen LogP contribution in [-0.2, 0) is 0 Å². The van der Waals surface area contributed by atoms with Crippen molar-refractivity contribution in [3.8, 4) is 33.4 Å². The SMILES string of the molecule is c1ccc(-c2ccc3cc(N(c4ccc(-c5cccc6cccc(-c7ccccc7)c56)cc4)c4cccc5ccc6oc7ccccc7c6c45)ccc3c2)cc1. The number of benzene rings is 10. The molecule has 2 heteroatoms. The molecule has 0 atom stereocenters. The van der Waals surface area contributed by atoms with Crippen molar-refractivity contribution in [3.63, 3.8) is 0 Å². The van der Waals surface area contributed by atoms with Gasteiger partial charge in [0.2, 0.25) is 0 Å². The van der Waals surface area contributed by atoms with E-state index in [0.717, 1.165) is 39.0 Å². The van der Waals surface area contributed by atoms with Gasteiger partial charge in [0.15, 0.2) is 0 Å². The molecule has 1 aromatic heterocycles. The lowest BCUT2D eigenvalue weighted by Crippen LogP contribution is -2.10. The standard InChI is InChI=1S/C54H35NO/c1-3-12-36(13-4-1)41-24-25-43-35-45(32-28-42(43)34-41)55(49-22-11-18-40-29-33-51-54(53(40)49)48-19-7-8-23-50(48)56-51)44-30-26-38(27-31-44)47-21-10-17-39-16-9-20-46(52(39)47)37-14-5-2-6-15-37/h1-35H. The maximum absolute atomic E-state index is 6.43. The minimum atomic E-state index is 0.888. The number of rotatable bonds is 6. The van der Waals surface area contributed by atoms with E-state index in [1.165, 1.54) is 65.7 Å². The zero-order chi connectivity index (χ0) is 37.0. The Hall–Kier alpha value is -7.42. The monoisotopic (exact) mass is 713 g/mol. The molecule has 0 N–H and O–H groups in total. The molecular formula is C54H35NO. The Labute approximate surface area is 325 Å². The summed E-state index contributed by atoms with van der Waals surface area (Å²) < 4.78 is 6.43. The first-order valence-corrected chi connectivity index (χ1v) is 19.2. The molecule has 0 spiro atoms. The summed E-state index contributed by atoms with van der Waals surface area (Å²) in [6.07, 6.45) is 0. The lowest BCUT2D eigenvalue weighted by Gasteiger charge is -2.28. The lowest BCUT2D eigenvalue weighted by atomic mass is 9.91. The van der Waals surface area contributed by atoms with Crippen LogP contribution < -0.4 is 4.90 Å². The summed E-state index contributed by atoms with van der Waals surface area (Å²) in [5, 5.41) is 9.47. The van der Waals surface area contributed by atoms with E-state index in [9.17, 15) is 0 Å². The van der Waals surface area contributed by atoms with Gasteiger partial charge in [-0.3, -0.25) is 0 Å². The molecule has 11 rings (SSSR count). The molecule has 0 unspecified atom stereocenters. The number of para-hydroxylation sites is 1. The summed E-state index contributed by atoms with van der Waals surface area (Å²) in [6.45, 7) is 0. The first-order valence-electron chi connectivity index (χ1n) is 19.2. The molecule has 0 aliphatic heterocycles. The van der Waals surface area contributed by atoms with Gasteiger partial charge in [-0.2, -0.15) is 0 Å². The van der Waals surface area contributed by atoms with Gasteiger partial charge < -0.3 is 9.32 Å². The Bertz CT molecular complexity index is 3230. The van der Waals surface area contributed by atoms with Gasteiger partial charge in [-0.05, 0) is 109 Å². The molecule has 0 saturated carbocycles. The summed E-state index contributed by atoms with van der Waals surface area (Å²) in [6, 6.07) is 76.5. The highest BCUT2D eigenvalue weighted by molar-refractivity contribution is 6.23. The predicted molar refractivity (Wildman–Crippen MR) is 237 cm³/mol. The van der Waals surface area contributed by atoms with Crippen molar-refractivity contribution in [3.05, 3.63) is 212 Å². The maximum atomic E-state index is 6.43. The van der Waals surface area contributed by atoms with Crippen LogP contribution in [-0.4, -0.2) is 0 Å². The molecule has 11 aromatic rings. The first-order chi connectivity index (χ1) is 27.8. The molecule has 0 amide bonds. The number of fused-ring (bicyclic) bond motifs is 7. The van der Waals surface area contributed by atoms with Gasteiger partial charge in [-0.25, -0.2) is 0 Å². The average molecular weight is 714 g/mol. The van der Waals surface area contributed by atoms with Crippen LogP contribution in [0.25, 0.3) is 87.6 Å². The largest absolute Gasteiger partial charge is 0.456 e. The Kier molecular flexibility index (Phi) is 7.53. The van der Waals surface area contributed by atoms with E-state index < -0.39 is 0 Å². The Balaban J connectivity index is 1.11. The van der Waals surface area contributed by atoms with Crippen LogP contribution >= 0.6 is 0 Å². The quantitative estimate of drug-likeness (QED) is 0.171. The van der Waals surface area contributed by atoms with Crippen molar-refractivity contribution in [2.24, 2.45) is 0 Å². The van der Waals surface area contributed by atoms with Gasteiger partial charge in [0, 0.05) is 27.5 Å². The fourth-order valence-electron chi connectivity index (χ4n) is 8.60. The highest BCUT2D eigenvalue weighted by Crippen LogP contribution is 2.46. The second-order valence-corrected chi connectivity index (χ2v) is 14.5. The number of nitrogens with zero attached hydrogens (tertiary/aromatic N) is 1. The Morgan fingerprint density at radius 2 is 0.875 bits per heavy atom. The van der Waals surface area contributed by atoms with Gasteiger partial charge in [0.05, 0.1) is 5.69 Å². The Morgan fingerprint density at radius 1 is 0.304 bits per heavy atom. The number of anilines is 3. The maximum Gasteiger partial charge on any atom is 0.136 e. The predicted octanol–water partition coefficient (Wildman–Crippen LogP) is 15.5. The second kappa shape index (κ2) is 13.2. The van der Waals surface area contributed by atoms with Crippen LogP contribution in [0, 0.1) is 0 Å². The highest BCUT2D eigenvalue weighted by atomic mass is 16.3. The van der Waals surface area contributed by atoms with Crippen LogP contribution in [0.3, 0.4) is 0 Å². The molecule has 0 saturated heterocycles. The normalized spacial score (nSPS) is 11.6. The summed E-state index contributed by atoms with van der Waals surface area (Å²) in [7, 11) is 0. The minimum Gasteiger partial charge on any atom is -0.456 e. The first kappa shape index (κ1) is 32.0. The van der Waals surface area contributed by atoms with Crippen molar-refractivity contribution in [2.45, 2.75) is 0 Å². The molecule has 0 aliphatic carbocycles. The molecule has 0 bridgehead atoms. The fourth-order valence-corrected chi connectivity index (χ4v) is 8.60. The van der Waals surface area contributed by atoms with Crippen molar-refractivity contribution >= 4 is 71.3 Å². The van der Waals surface area contributed by atoms with Crippen LogP contribution in [0.4, 0.5) is 17.1 Å². The lowest BCUT2D eigenvalue weighted by molar-refractivity contribution is 0.669. The zero-order valence-corrected chi connectivity index (χ0v) is 30.6. The molecule has 0 fully saturated rings. The van der Waals surface area contributed by atoms with E-state index in [1.807, 2.05) is 6.07 Å². The third-order valence-corrected chi connectivity index (χ3v) is 11.2. The highest BCUT2D eigenvalue weighted by Gasteiger charge is 2.21. The summed E-state index contributed by atoms with van der Waals surface area (Å²) in [4.78, 5) is 2.41. The molecule has 10 aromatic carbocycles. The van der Waals surface area contributed by atoms with Gasteiger partial charge in [-0.1, -0.05) is 164 Å².